The summed E-state index contributed by atoms with van der Waals surface area (Å²) in [6.07, 6.45) is 0. The van der Waals surface area contributed by atoms with E-state index in [4.69, 9.17) is 0 Å². The van der Waals surface area contributed by atoms with E-state index in [2.05, 4.69) is 29.4 Å². The maximum absolute atomic E-state index is 11.0. The van der Waals surface area contributed by atoms with Gasteiger partial charge in [0, 0.05) is 20.1 Å². The third-order valence-electron chi connectivity index (χ3n) is 2.04. The molecule has 2 N–H and O–H groups in total. The molecule has 0 radical (unpaired) electrons. The van der Waals surface area contributed by atoms with Crippen LogP contribution in [-0.4, -0.2) is 49.9 Å². The monoisotopic (exact) mass is 201 g/mol. The first-order chi connectivity index (χ1) is 6.65. The van der Waals surface area contributed by atoms with Gasteiger partial charge in [-0.15, -0.1) is 0 Å². The summed E-state index contributed by atoms with van der Waals surface area (Å²) < 4.78 is 0. The zero-order valence-electron chi connectivity index (χ0n) is 9.09. The average Bonchev–Trinajstić information content (AvgIpc) is 2.22. The topological polar surface area (TPSA) is 61.4 Å². The van der Waals surface area contributed by atoms with Crippen LogP contribution in [0.25, 0.3) is 0 Å². The predicted octanol–water partition coefficient (Wildman–Crippen LogP) is -0.810. The molecule has 0 heterocycles. The molecule has 82 valence electrons. The molecule has 0 aliphatic heterocycles. The molecule has 0 rings (SSSR count). The molecule has 0 aromatic carbocycles. The molecule has 0 spiro atoms. The largest absolute Gasteiger partial charge is 0.351 e. The van der Waals surface area contributed by atoms with Crippen LogP contribution < -0.4 is 10.6 Å². The van der Waals surface area contributed by atoms with Gasteiger partial charge in [-0.3, -0.25) is 9.59 Å². The van der Waals surface area contributed by atoms with Crippen LogP contribution in [0, 0.1) is 0 Å². The lowest BCUT2D eigenvalue weighted by Gasteiger charge is -2.17. The highest BCUT2D eigenvalue weighted by Gasteiger charge is 2.09. The zero-order valence-corrected chi connectivity index (χ0v) is 9.09. The normalized spacial score (nSPS) is 10.0. The van der Waals surface area contributed by atoms with Gasteiger partial charge in [0.05, 0.1) is 0 Å². The van der Waals surface area contributed by atoms with E-state index in [1.165, 1.54) is 7.05 Å². The summed E-state index contributed by atoms with van der Waals surface area (Å²) in [6.45, 7) is 7.30. The lowest BCUT2D eigenvalue weighted by Crippen LogP contribution is -2.41. The smallest absolute Gasteiger partial charge is 0.309 e. The van der Waals surface area contributed by atoms with Crippen molar-refractivity contribution in [1.82, 2.24) is 15.5 Å². The molecule has 0 atom stereocenters. The molecule has 0 aliphatic rings. The molecule has 0 aromatic rings. The standard InChI is InChI=1S/C9H19N3O2/c1-4-12(5-2)7-6-11-9(14)8(13)10-3/h4-7H2,1-3H3,(H,10,13)(H,11,14). The van der Waals surface area contributed by atoms with Crippen molar-refractivity contribution in [3.63, 3.8) is 0 Å². The van der Waals surface area contributed by atoms with Crippen molar-refractivity contribution in [3.05, 3.63) is 0 Å². The Balaban J connectivity index is 3.63. The molecule has 0 saturated carbocycles. The van der Waals surface area contributed by atoms with Crippen LogP contribution >= 0.6 is 0 Å². The lowest BCUT2D eigenvalue weighted by atomic mass is 10.4. The van der Waals surface area contributed by atoms with Crippen LogP contribution in [0.5, 0.6) is 0 Å². The Hall–Kier alpha value is -1.10. The lowest BCUT2D eigenvalue weighted by molar-refractivity contribution is -0.138. The molecule has 0 aliphatic carbocycles. The fourth-order valence-corrected chi connectivity index (χ4v) is 1.06. The van der Waals surface area contributed by atoms with E-state index in [0.717, 1.165) is 19.6 Å². The van der Waals surface area contributed by atoms with Crippen molar-refractivity contribution in [2.45, 2.75) is 13.8 Å². The Bertz CT molecular complexity index is 190. The van der Waals surface area contributed by atoms with Gasteiger partial charge in [-0.2, -0.15) is 0 Å². The second-order valence-corrected chi connectivity index (χ2v) is 2.86. The Labute approximate surface area is 84.8 Å². The van der Waals surface area contributed by atoms with Gasteiger partial charge in [0.1, 0.15) is 0 Å². The molecule has 0 saturated heterocycles. The van der Waals surface area contributed by atoms with Crippen molar-refractivity contribution in [3.8, 4) is 0 Å². The second kappa shape index (κ2) is 7.32. The SMILES string of the molecule is CCN(CC)CCNC(=O)C(=O)NC. The number of hydrogen-bond acceptors (Lipinski definition) is 3. The van der Waals surface area contributed by atoms with Crippen LogP contribution in [0.15, 0.2) is 0 Å². The summed E-state index contributed by atoms with van der Waals surface area (Å²) >= 11 is 0. The van der Waals surface area contributed by atoms with Crippen LogP contribution in [0.3, 0.4) is 0 Å². The fourth-order valence-electron chi connectivity index (χ4n) is 1.06. The number of rotatable bonds is 5. The Kier molecular flexibility index (Phi) is 6.74. The van der Waals surface area contributed by atoms with E-state index in [1.807, 2.05) is 0 Å². The highest BCUT2D eigenvalue weighted by Crippen LogP contribution is 1.83. The second-order valence-electron chi connectivity index (χ2n) is 2.86. The molecule has 0 bridgehead atoms. The Morgan fingerprint density at radius 1 is 1.14 bits per heavy atom. The van der Waals surface area contributed by atoms with Gasteiger partial charge < -0.3 is 15.5 Å². The summed E-state index contributed by atoms with van der Waals surface area (Å²) in [7, 11) is 1.44. The molecule has 0 unspecified atom stereocenters. The minimum Gasteiger partial charge on any atom is -0.351 e. The summed E-state index contributed by atoms with van der Waals surface area (Å²) in [4.78, 5) is 24.0. The minimum atomic E-state index is -0.593. The van der Waals surface area contributed by atoms with Crippen LogP contribution in [0.4, 0.5) is 0 Å². The Morgan fingerprint density at radius 2 is 1.71 bits per heavy atom. The van der Waals surface area contributed by atoms with Crippen molar-refractivity contribution in [1.29, 1.82) is 0 Å². The van der Waals surface area contributed by atoms with E-state index in [1.54, 1.807) is 0 Å². The third-order valence-corrected chi connectivity index (χ3v) is 2.04. The van der Waals surface area contributed by atoms with Gasteiger partial charge in [-0.25, -0.2) is 0 Å². The van der Waals surface area contributed by atoms with E-state index in [9.17, 15) is 9.59 Å². The van der Waals surface area contributed by atoms with Gasteiger partial charge in [0.25, 0.3) is 0 Å². The summed E-state index contributed by atoms with van der Waals surface area (Å²) in [5.74, 6) is -1.16. The van der Waals surface area contributed by atoms with Crippen molar-refractivity contribution < 1.29 is 9.59 Å². The quantitative estimate of drug-likeness (QED) is 0.572. The first kappa shape index (κ1) is 12.9. The fraction of sp³-hybridized carbons (Fsp3) is 0.778. The Morgan fingerprint density at radius 3 is 2.14 bits per heavy atom. The predicted molar refractivity (Wildman–Crippen MR) is 54.9 cm³/mol. The third kappa shape index (κ3) is 4.81. The van der Waals surface area contributed by atoms with Crippen LogP contribution in [0.2, 0.25) is 0 Å². The van der Waals surface area contributed by atoms with Gasteiger partial charge in [0.2, 0.25) is 0 Å². The number of likely N-dealkylation sites (N-methyl/N-ethyl adjacent to an activating group) is 2. The summed E-state index contributed by atoms with van der Waals surface area (Å²) in [5, 5.41) is 4.81. The molecule has 14 heavy (non-hydrogen) atoms. The number of nitrogens with one attached hydrogen (secondary N) is 2. The first-order valence-corrected chi connectivity index (χ1v) is 4.87. The molecule has 0 aromatic heterocycles. The van der Waals surface area contributed by atoms with Gasteiger partial charge in [-0.1, -0.05) is 13.8 Å². The maximum atomic E-state index is 11.0. The van der Waals surface area contributed by atoms with E-state index in [-0.39, 0.29) is 0 Å². The number of carbonyl (C=O) groups excluding carboxylic acids is 2. The number of hydrogen-bond donors (Lipinski definition) is 2. The zero-order chi connectivity index (χ0) is 11.0. The van der Waals surface area contributed by atoms with E-state index in [0.29, 0.717) is 6.54 Å². The molecular formula is C9H19N3O2. The summed E-state index contributed by atoms with van der Waals surface area (Å²) in [6, 6.07) is 0. The van der Waals surface area contributed by atoms with Gasteiger partial charge in [0.15, 0.2) is 0 Å². The molecule has 0 fully saturated rings. The first-order valence-electron chi connectivity index (χ1n) is 4.87. The average molecular weight is 201 g/mol. The minimum absolute atomic E-state index is 0.508. The van der Waals surface area contributed by atoms with Gasteiger partial charge in [-0.05, 0) is 13.1 Å². The molecule has 5 nitrogen and oxygen atoms in total. The molecule has 2 amide bonds. The van der Waals surface area contributed by atoms with Crippen molar-refractivity contribution in [2.24, 2.45) is 0 Å². The van der Waals surface area contributed by atoms with E-state index < -0.39 is 11.8 Å². The van der Waals surface area contributed by atoms with E-state index >= 15 is 0 Å². The van der Waals surface area contributed by atoms with Crippen LogP contribution in [0.1, 0.15) is 13.8 Å². The van der Waals surface area contributed by atoms with Crippen molar-refractivity contribution >= 4 is 11.8 Å². The van der Waals surface area contributed by atoms with Crippen molar-refractivity contribution in [2.75, 3.05) is 33.2 Å². The molecular weight excluding hydrogens is 182 g/mol. The number of amides is 2. The summed E-state index contributed by atoms with van der Waals surface area (Å²) in [5.41, 5.74) is 0. The van der Waals surface area contributed by atoms with Crippen LogP contribution in [-0.2, 0) is 9.59 Å². The highest BCUT2D eigenvalue weighted by molar-refractivity contribution is 6.34. The van der Waals surface area contributed by atoms with Gasteiger partial charge >= 0.3 is 11.8 Å². The molecule has 5 heteroatoms. The maximum Gasteiger partial charge on any atom is 0.309 e. The number of carbonyl (C=O) groups is 2. The highest BCUT2D eigenvalue weighted by atomic mass is 16.2. The number of nitrogens with zero attached hydrogens (tertiary/aromatic N) is 1.